The number of hydrogen-bond donors (Lipinski definition) is 1. The van der Waals surface area contributed by atoms with Gasteiger partial charge in [0.25, 0.3) is 0 Å². The largest absolute Gasteiger partial charge is 0.507 e. The molecule has 7 rings (SSSR count). The van der Waals surface area contributed by atoms with E-state index in [-0.39, 0.29) is 5.75 Å². The molecular weight excluding hydrogens is 510 g/mol. The Balaban J connectivity index is 1.45. The maximum atomic E-state index is 10.4. The molecule has 0 bridgehead atoms. The fraction of sp³-hybridized carbons (Fsp3) is 0.0286. The average molecular weight is 536 g/mol. The highest BCUT2D eigenvalue weighted by atomic mass is 32.1. The van der Waals surface area contributed by atoms with Crippen LogP contribution in [0.2, 0.25) is 0 Å². The van der Waals surface area contributed by atoms with Crippen molar-refractivity contribution in [2.24, 2.45) is 4.99 Å². The number of imidazole rings is 1. The van der Waals surface area contributed by atoms with Gasteiger partial charge in [0, 0.05) is 38.2 Å². The summed E-state index contributed by atoms with van der Waals surface area (Å²) in [6.07, 6.45) is 1.72. The van der Waals surface area contributed by atoms with Crippen LogP contribution in [0.15, 0.2) is 126 Å². The van der Waals surface area contributed by atoms with Gasteiger partial charge >= 0.3 is 0 Å². The predicted octanol–water partition coefficient (Wildman–Crippen LogP) is 9.34. The molecule has 0 aliphatic carbocycles. The Morgan fingerprint density at radius 2 is 1.55 bits per heavy atom. The molecule has 1 N–H and O–H groups in total. The lowest BCUT2D eigenvalue weighted by molar-refractivity contribution is 0.474. The molecule has 4 nitrogen and oxygen atoms in total. The quantitative estimate of drug-likeness (QED) is 0.223. The maximum absolute atomic E-state index is 10.4. The van der Waals surface area contributed by atoms with Gasteiger partial charge in [-0.25, -0.2) is 4.98 Å². The maximum Gasteiger partial charge on any atom is 0.147 e. The van der Waals surface area contributed by atoms with Crippen molar-refractivity contribution in [3.8, 4) is 33.3 Å². The van der Waals surface area contributed by atoms with Crippen molar-refractivity contribution in [1.82, 2.24) is 9.55 Å². The average Bonchev–Trinajstić information content (AvgIpc) is 3.60. The third-order valence-corrected chi connectivity index (χ3v) is 8.21. The number of aromatic nitrogens is 2. The first-order valence-corrected chi connectivity index (χ1v) is 14.0. The van der Waals surface area contributed by atoms with Crippen LogP contribution in [0.1, 0.15) is 11.1 Å². The lowest BCUT2D eigenvalue weighted by atomic mass is 10.1. The standard InChI is InChI=1S/C35H25N3OS/c1-23-18-19-31(39)25(20-23)22-36-29-15-7-6-13-27(29)35-37-34-28(33-21-24-10-5-8-17-32(24)40-33)14-9-16-30(34)38(35)26-11-3-2-4-12-26/h2-22,39H,1H3. The molecule has 0 unspecified atom stereocenters. The van der Waals surface area contributed by atoms with Gasteiger partial charge in [0.2, 0.25) is 0 Å². The summed E-state index contributed by atoms with van der Waals surface area (Å²) in [5, 5.41) is 11.6. The zero-order chi connectivity index (χ0) is 27.1. The number of benzene rings is 5. The first-order chi connectivity index (χ1) is 19.7. The lowest BCUT2D eigenvalue weighted by Crippen LogP contribution is -1.97. The van der Waals surface area contributed by atoms with Crippen molar-refractivity contribution in [3.05, 3.63) is 132 Å². The number of rotatable bonds is 5. The number of fused-ring (bicyclic) bond motifs is 2. The zero-order valence-electron chi connectivity index (χ0n) is 21.8. The number of nitrogens with zero attached hydrogens (tertiary/aromatic N) is 3. The topological polar surface area (TPSA) is 50.4 Å². The Morgan fingerprint density at radius 1 is 0.775 bits per heavy atom. The van der Waals surface area contributed by atoms with Crippen LogP contribution in [0.4, 0.5) is 5.69 Å². The number of phenols is 1. The number of phenolic OH excluding ortho intramolecular Hbond substituents is 1. The summed E-state index contributed by atoms with van der Waals surface area (Å²) in [7, 11) is 0. The molecule has 2 aromatic heterocycles. The summed E-state index contributed by atoms with van der Waals surface area (Å²) in [5.74, 6) is 1.02. The van der Waals surface area contributed by atoms with Gasteiger partial charge in [0.05, 0.1) is 16.7 Å². The second-order valence-electron chi connectivity index (χ2n) is 9.77. The summed E-state index contributed by atoms with van der Waals surface area (Å²) in [4.78, 5) is 11.3. The molecule has 0 saturated heterocycles. The number of aliphatic imine (C=N–C) groups is 1. The number of para-hydroxylation sites is 3. The molecule has 2 heterocycles. The van der Waals surface area contributed by atoms with Crippen LogP contribution in [-0.4, -0.2) is 20.9 Å². The normalized spacial score (nSPS) is 11.6. The van der Waals surface area contributed by atoms with Crippen LogP contribution in [-0.2, 0) is 0 Å². The number of aryl methyl sites for hydroxylation is 1. The molecule has 0 radical (unpaired) electrons. The number of aromatic hydroxyl groups is 1. The molecule has 0 aliphatic rings. The lowest BCUT2D eigenvalue weighted by Gasteiger charge is -2.11. The van der Waals surface area contributed by atoms with E-state index in [1.54, 1.807) is 23.6 Å². The van der Waals surface area contributed by atoms with E-state index in [1.165, 1.54) is 15.0 Å². The highest BCUT2D eigenvalue weighted by molar-refractivity contribution is 7.22. The summed E-state index contributed by atoms with van der Waals surface area (Å²) in [6.45, 7) is 2.00. The second kappa shape index (κ2) is 9.95. The van der Waals surface area contributed by atoms with Crippen molar-refractivity contribution < 1.29 is 5.11 Å². The van der Waals surface area contributed by atoms with Gasteiger partial charge in [-0.3, -0.25) is 9.56 Å². The van der Waals surface area contributed by atoms with Gasteiger partial charge in [-0.1, -0.05) is 72.3 Å². The minimum absolute atomic E-state index is 0.205. The first-order valence-electron chi connectivity index (χ1n) is 13.1. The van der Waals surface area contributed by atoms with Crippen molar-refractivity contribution in [3.63, 3.8) is 0 Å². The van der Waals surface area contributed by atoms with Crippen LogP contribution in [0, 0.1) is 6.92 Å². The molecule has 5 heteroatoms. The fourth-order valence-electron chi connectivity index (χ4n) is 5.12. The molecule has 7 aromatic rings. The second-order valence-corrected chi connectivity index (χ2v) is 10.8. The van der Waals surface area contributed by atoms with E-state index in [2.05, 4.69) is 71.3 Å². The molecule has 0 saturated carbocycles. The Bertz CT molecular complexity index is 2000. The highest BCUT2D eigenvalue weighted by Gasteiger charge is 2.20. The summed E-state index contributed by atoms with van der Waals surface area (Å²) >= 11 is 1.79. The van der Waals surface area contributed by atoms with Crippen LogP contribution in [0.25, 0.3) is 48.6 Å². The third-order valence-electron chi connectivity index (χ3n) is 7.06. The smallest absolute Gasteiger partial charge is 0.147 e. The Hall–Kier alpha value is -5.00. The third kappa shape index (κ3) is 4.27. The van der Waals surface area contributed by atoms with Crippen LogP contribution >= 0.6 is 11.3 Å². The first kappa shape index (κ1) is 24.1. The molecule has 0 aliphatic heterocycles. The zero-order valence-corrected chi connectivity index (χ0v) is 22.6. The van der Waals surface area contributed by atoms with Crippen molar-refractivity contribution >= 4 is 44.4 Å². The Morgan fingerprint density at radius 3 is 2.42 bits per heavy atom. The number of thiophene rings is 1. The summed E-state index contributed by atoms with van der Waals surface area (Å²) in [5.41, 5.74) is 7.55. The molecule has 40 heavy (non-hydrogen) atoms. The molecule has 5 aromatic carbocycles. The van der Waals surface area contributed by atoms with E-state index in [0.717, 1.165) is 44.9 Å². The highest BCUT2D eigenvalue weighted by Crippen LogP contribution is 2.40. The van der Waals surface area contributed by atoms with E-state index < -0.39 is 0 Å². The summed E-state index contributed by atoms with van der Waals surface area (Å²) < 4.78 is 3.47. The van der Waals surface area contributed by atoms with E-state index in [1.807, 2.05) is 55.5 Å². The number of hydrogen-bond acceptors (Lipinski definition) is 4. The summed E-state index contributed by atoms with van der Waals surface area (Å²) in [6, 6.07) is 41.0. The van der Waals surface area contributed by atoms with E-state index >= 15 is 0 Å². The van der Waals surface area contributed by atoms with Gasteiger partial charge in [-0.15, -0.1) is 11.3 Å². The van der Waals surface area contributed by atoms with Gasteiger partial charge in [0.1, 0.15) is 11.6 Å². The monoisotopic (exact) mass is 535 g/mol. The van der Waals surface area contributed by atoms with Crippen molar-refractivity contribution in [1.29, 1.82) is 0 Å². The van der Waals surface area contributed by atoms with E-state index in [9.17, 15) is 5.11 Å². The Kier molecular flexibility index (Phi) is 5.99. The molecule has 0 amide bonds. The molecule has 192 valence electrons. The van der Waals surface area contributed by atoms with Gasteiger partial charge < -0.3 is 5.11 Å². The molecule has 0 atom stereocenters. The minimum Gasteiger partial charge on any atom is -0.507 e. The van der Waals surface area contributed by atoms with Gasteiger partial charge in [0.15, 0.2) is 0 Å². The fourth-order valence-corrected chi connectivity index (χ4v) is 6.21. The Labute approximate surface area is 236 Å². The van der Waals surface area contributed by atoms with Gasteiger partial charge in [-0.2, -0.15) is 0 Å². The van der Waals surface area contributed by atoms with Gasteiger partial charge in [-0.05, 0) is 66.9 Å². The van der Waals surface area contributed by atoms with Crippen LogP contribution in [0.3, 0.4) is 0 Å². The minimum atomic E-state index is 0.205. The molecular formula is C35H25N3OS. The molecule has 0 fully saturated rings. The van der Waals surface area contributed by atoms with Crippen molar-refractivity contribution in [2.45, 2.75) is 6.92 Å². The predicted molar refractivity (Wildman–Crippen MR) is 167 cm³/mol. The van der Waals surface area contributed by atoms with Crippen LogP contribution < -0.4 is 0 Å². The van der Waals surface area contributed by atoms with E-state index in [4.69, 9.17) is 9.98 Å². The van der Waals surface area contributed by atoms with Crippen molar-refractivity contribution in [2.75, 3.05) is 0 Å². The van der Waals surface area contributed by atoms with Crippen LogP contribution in [0.5, 0.6) is 5.75 Å². The SMILES string of the molecule is Cc1ccc(O)c(C=Nc2ccccc2-c2nc3c(-c4cc5ccccc5s4)cccc3n2-c2ccccc2)c1. The molecule has 0 spiro atoms. The van der Waals surface area contributed by atoms with E-state index in [0.29, 0.717) is 5.56 Å².